The molecule has 2 heterocycles. The van der Waals surface area contributed by atoms with Gasteiger partial charge in [-0.25, -0.2) is 13.2 Å². The normalized spacial score (nSPS) is 27.8. The first-order valence-corrected chi connectivity index (χ1v) is 10.9. The summed E-state index contributed by atoms with van der Waals surface area (Å²) >= 11 is 0. The lowest BCUT2D eigenvalue weighted by atomic mass is 10.0. The fourth-order valence-corrected chi connectivity index (χ4v) is 5.59. The van der Waals surface area contributed by atoms with Crippen LogP contribution in [0.5, 0.6) is 0 Å². The summed E-state index contributed by atoms with van der Waals surface area (Å²) in [4.78, 5) is 13.5. The zero-order chi connectivity index (χ0) is 18.4. The Hall–Kier alpha value is -1.44. The third-order valence-electron chi connectivity index (χ3n) is 4.82. The zero-order valence-corrected chi connectivity index (χ0v) is 14.9. The predicted molar refractivity (Wildman–Crippen MR) is 85.4 cm³/mol. The summed E-state index contributed by atoms with van der Waals surface area (Å²) in [5.41, 5.74) is 0. The standard InChI is InChI=1S/C12H20N4O7S2/c13-11(14-24(18,19)9-3-1-2-4-9)10-6-5-8-7-15(10)12(17)16(8)23-25(20,21)22/h8-10H,1-7H2,(H2,13,14)(H,20,21,22). The highest BCUT2D eigenvalue weighted by Gasteiger charge is 2.49. The van der Waals surface area contributed by atoms with Gasteiger partial charge in [-0.3, -0.25) is 14.7 Å². The van der Waals surface area contributed by atoms with Gasteiger partial charge in [0.15, 0.2) is 0 Å². The number of hydrogen-bond acceptors (Lipinski definition) is 7. The number of urea groups is 1. The molecule has 3 rings (SSSR count). The average molecular weight is 396 g/mol. The van der Waals surface area contributed by atoms with Crippen LogP contribution in [-0.4, -0.2) is 67.1 Å². The molecular formula is C12H20N4O7S2. The monoisotopic (exact) mass is 396 g/mol. The van der Waals surface area contributed by atoms with E-state index in [2.05, 4.69) is 9.01 Å². The van der Waals surface area contributed by atoms with E-state index in [1.54, 1.807) is 0 Å². The van der Waals surface area contributed by atoms with Crippen LogP contribution in [0.4, 0.5) is 4.79 Å². The molecule has 2 saturated heterocycles. The van der Waals surface area contributed by atoms with Crippen LogP contribution in [0.3, 0.4) is 0 Å². The summed E-state index contributed by atoms with van der Waals surface area (Å²) in [6.45, 7) is 0.0898. The van der Waals surface area contributed by atoms with E-state index in [4.69, 9.17) is 9.96 Å². The van der Waals surface area contributed by atoms with E-state index in [9.17, 15) is 21.6 Å². The second kappa shape index (κ2) is 6.37. The van der Waals surface area contributed by atoms with Gasteiger partial charge in [0.05, 0.1) is 17.3 Å². The van der Waals surface area contributed by atoms with Crippen LogP contribution >= 0.6 is 0 Å². The first kappa shape index (κ1) is 18.4. The van der Waals surface area contributed by atoms with Crippen LogP contribution in [0.1, 0.15) is 38.5 Å². The molecule has 0 radical (unpaired) electrons. The van der Waals surface area contributed by atoms with Gasteiger partial charge in [-0.15, -0.1) is 4.28 Å². The summed E-state index contributed by atoms with van der Waals surface area (Å²) in [6, 6.07) is -2.21. The molecule has 2 bridgehead atoms. The molecule has 2 aliphatic heterocycles. The van der Waals surface area contributed by atoms with Gasteiger partial charge in [-0.05, 0) is 25.7 Å². The largest absolute Gasteiger partial charge is 0.418 e. The molecule has 2 unspecified atom stereocenters. The van der Waals surface area contributed by atoms with Crippen molar-refractivity contribution in [3.05, 3.63) is 0 Å². The third-order valence-corrected chi connectivity index (χ3v) is 7.03. The lowest BCUT2D eigenvalue weighted by molar-refractivity contribution is -0.0316. The smallest absolute Gasteiger partial charge is 0.310 e. The number of carbonyl (C=O) groups is 1. The minimum Gasteiger partial charge on any atom is -0.310 e. The number of sulfonamides is 1. The molecule has 25 heavy (non-hydrogen) atoms. The molecule has 3 aliphatic rings. The number of piperidine rings is 1. The van der Waals surface area contributed by atoms with Crippen molar-refractivity contribution in [3.63, 3.8) is 0 Å². The Labute approximate surface area is 145 Å². The highest BCUT2D eigenvalue weighted by Crippen LogP contribution is 2.31. The topological polar surface area (TPSA) is 157 Å². The lowest BCUT2D eigenvalue weighted by Gasteiger charge is -2.31. The van der Waals surface area contributed by atoms with E-state index in [1.807, 2.05) is 0 Å². The highest BCUT2D eigenvalue weighted by atomic mass is 32.3. The van der Waals surface area contributed by atoms with Gasteiger partial charge in [-0.2, -0.15) is 13.5 Å². The Bertz CT molecular complexity index is 775. The molecule has 2 atom stereocenters. The van der Waals surface area contributed by atoms with Crippen molar-refractivity contribution in [3.8, 4) is 0 Å². The second-order valence-electron chi connectivity index (χ2n) is 6.48. The molecule has 0 spiro atoms. The SMILES string of the molecule is N=C(NS(=O)(=O)C1CCCC1)C1CCC2CN1C(=O)N2OS(=O)(=O)O. The van der Waals surface area contributed by atoms with E-state index in [1.165, 1.54) is 4.90 Å². The second-order valence-corrected chi connectivity index (χ2v) is 9.44. The fourth-order valence-electron chi connectivity index (χ4n) is 3.63. The van der Waals surface area contributed by atoms with Crippen molar-refractivity contribution >= 4 is 32.3 Å². The van der Waals surface area contributed by atoms with Gasteiger partial charge in [-0.1, -0.05) is 12.8 Å². The summed E-state index contributed by atoms with van der Waals surface area (Å²) in [5.74, 6) is -0.313. The number of carbonyl (C=O) groups excluding carboxylic acids is 1. The Kier molecular flexibility index (Phi) is 4.68. The van der Waals surface area contributed by atoms with E-state index in [-0.39, 0.29) is 18.8 Å². The molecular weight excluding hydrogens is 376 g/mol. The van der Waals surface area contributed by atoms with Crippen LogP contribution in [0.2, 0.25) is 0 Å². The number of hydroxylamine groups is 2. The molecule has 11 nitrogen and oxygen atoms in total. The first-order valence-electron chi connectivity index (χ1n) is 7.95. The highest BCUT2D eigenvalue weighted by molar-refractivity contribution is 7.90. The molecule has 1 aliphatic carbocycles. The first-order chi connectivity index (χ1) is 11.6. The van der Waals surface area contributed by atoms with Gasteiger partial charge < -0.3 is 4.90 Å². The van der Waals surface area contributed by atoms with E-state index < -0.39 is 43.8 Å². The Morgan fingerprint density at radius 3 is 2.40 bits per heavy atom. The number of rotatable bonds is 5. The van der Waals surface area contributed by atoms with Gasteiger partial charge in [0.1, 0.15) is 5.84 Å². The number of amidine groups is 1. The van der Waals surface area contributed by atoms with Gasteiger partial charge >= 0.3 is 16.4 Å². The van der Waals surface area contributed by atoms with Crippen molar-refractivity contribution in [2.75, 3.05) is 6.54 Å². The van der Waals surface area contributed by atoms with Crippen molar-refractivity contribution in [1.82, 2.24) is 14.7 Å². The Balaban J connectivity index is 1.70. The molecule has 142 valence electrons. The number of amides is 2. The molecule has 0 aromatic rings. The lowest BCUT2D eigenvalue weighted by Crippen LogP contribution is -2.51. The number of fused-ring (bicyclic) bond motifs is 2. The Morgan fingerprint density at radius 2 is 1.80 bits per heavy atom. The molecule has 13 heteroatoms. The molecule has 0 aromatic carbocycles. The quantitative estimate of drug-likeness (QED) is 0.331. The van der Waals surface area contributed by atoms with Crippen LogP contribution < -0.4 is 4.72 Å². The number of nitrogens with zero attached hydrogens (tertiary/aromatic N) is 2. The summed E-state index contributed by atoms with van der Waals surface area (Å²) in [7, 11) is -8.52. The number of hydrogen-bond donors (Lipinski definition) is 3. The number of nitrogens with one attached hydrogen (secondary N) is 2. The fraction of sp³-hybridized carbons (Fsp3) is 0.833. The summed E-state index contributed by atoms with van der Waals surface area (Å²) < 4.78 is 61.7. The van der Waals surface area contributed by atoms with Gasteiger partial charge in [0.2, 0.25) is 10.0 Å². The van der Waals surface area contributed by atoms with Crippen LogP contribution in [0, 0.1) is 5.41 Å². The Morgan fingerprint density at radius 1 is 1.16 bits per heavy atom. The molecule has 3 N–H and O–H groups in total. The van der Waals surface area contributed by atoms with Crippen LogP contribution in [0.25, 0.3) is 0 Å². The molecule has 3 fully saturated rings. The minimum absolute atomic E-state index is 0.0898. The minimum atomic E-state index is -4.84. The van der Waals surface area contributed by atoms with E-state index in [0.29, 0.717) is 24.3 Å². The third kappa shape index (κ3) is 3.73. The van der Waals surface area contributed by atoms with Crippen LogP contribution in [-0.2, 0) is 24.7 Å². The van der Waals surface area contributed by atoms with Crippen molar-refractivity contribution in [2.24, 2.45) is 0 Å². The summed E-state index contributed by atoms with van der Waals surface area (Å²) in [6.07, 6.45) is 3.36. The van der Waals surface area contributed by atoms with E-state index in [0.717, 1.165) is 12.8 Å². The van der Waals surface area contributed by atoms with Crippen LogP contribution in [0.15, 0.2) is 0 Å². The van der Waals surface area contributed by atoms with Crippen molar-refractivity contribution < 1.29 is 30.5 Å². The van der Waals surface area contributed by atoms with E-state index >= 15 is 0 Å². The maximum Gasteiger partial charge on any atom is 0.418 e. The van der Waals surface area contributed by atoms with Crippen molar-refractivity contribution in [1.29, 1.82) is 5.41 Å². The zero-order valence-electron chi connectivity index (χ0n) is 13.3. The average Bonchev–Trinajstić information content (AvgIpc) is 3.11. The maximum atomic E-state index is 12.3. The molecule has 1 saturated carbocycles. The maximum absolute atomic E-state index is 12.3. The van der Waals surface area contributed by atoms with Gasteiger partial charge in [0.25, 0.3) is 0 Å². The van der Waals surface area contributed by atoms with Gasteiger partial charge in [0, 0.05) is 6.54 Å². The van der Waals surface area contributed by atoms with Crippen molar-refractivity contribution in [2.45, 2.75) is 55.9 Å². The predicted octanol–water partition coefficient (Wildman–Crippen LogP) is -0.171. The molecule has 2 amide bonds. The molecule has 0 aromatic heterocycles. The summed E-state index contributed by atoms with van der Waals surface area (Å²) in [5, 5.41) is 8.11.